The van der Waals surface area contributed by atoms with Gasteiger partial charge in [0.05, 0.1) is 17.4 Å². The summed E-state index contributed by atoms with van der Waals surface area (Å²) < 4.78 is 42.8. The number of para-hydroxylation sites is 1. The lowest BCUT2D eigenvalue weighted by Crippen LogP contribution is -2.42. The lowest BCUT2D eigenvalue weighted by Gasteiger charge is -2.18. The van der Waals surface area contributed by atoms with Gasteiger partial charge in [0.1, 0.15) is 11.9 Å². The summed E-state index contributed by atoms with van der Waals surface area (Å²) in [5.41, 5.74) is 0. The lowest BCUT2D eigenvalue weighted by molar-refractivity contribution is -0.132. The highest BCUT2D eigenvalue weighted by Crippen LogP contribution is 2.24. The van der Waals surface area contributed by atoms with E-state index in [2.05, 4.69) is 31.6 Å². The minimum absolute atomic E-state index is 0.181. The molecule has 0 heterocycles. The van der Waals surface area contributed by atoms with E-state index in [4.69, 9.17) is 4.74 Å². The van der Waals surface area contributed by atoms with Gasteiger partial charge >= 0.3 is 6.18 Å². The van der Waals surface area contributed by atoms with Gasteiger partial charge in [-0.1, -0.05) is 12.1 Å². The molecule has 2 N–H and O–H groups in total. The third-order valence-corrected chi connectivity index (χ3v) is 3.30. The first-order valence-electron chi connectivity index (χ1n) is 6.74. The van der Waals surface area contributed by atoms with E-state index in [1.807, 2.05) is 31.2 Å². The predicted octanol–water partition coefficient (Wildman–Crippen LogP) is 3.33. The van der Waals surface area contributed by atoms with Crippen LogP contribution in [0.2, 0.25) is 0 Å². The summed E-state index contributed by atoms with van der Waals surface area (Å²) in [6.07, 6.45) is -5.27. The van der Waals surface area contributed by atoms with Gasteiger partial charge in [0.15, 0.2) is 5.96 Å². The van der Waals surface area contributed by atoms with Gasteiger partial charge in [-0.2, -0.15) is 13.2 Å². The first-order chi connectivity index (χ1) is 10.3. The van der Waals surface area contributed by atoms with Crippen LogP contribution in [-0.4, -0.2) is 38.4 Å². The zero-order chi connectivity index (χ0) is 16.6. The molecule has 22 heavy (non-hydrogen) atoms. The summed E-state index contributed by atoms with van der Waals surface area (Å²) in [6.45, 7) is 2.05. The maximum Gasteiger partial charge on any atom is 0.390 e. The Morgan fingerprint density at radius 2 is 2.00 bits per heavy atom. The van der Waals surface area contributed by atoms with Crippen LogP contribution in [0.15, 0.2) is 33.7 Å². The highest BCUT2D eigenvalue weighted by Gasteiger charge is 2.26. The summed E-state index contributed by atoms with van der Waals surface area (Å²) in [5.74, 6) is 1.02. The Bertz CT molecular complexity index is 494. The molecule has 1 unspecified atom stereocenters. The van der Waals surface area contributed by atoms with E-state index in [1.54, 1.807) is 0 Å². The van der Waals surface area contributed by atoms with E-state index in [1.165, 1.54) is 7.05 Å². The van der Waals surface area contributed by atoms with Crippen molar-refractivity contribution in [2.45, 2.75) is 25.6 Å². The van der Waals surface area contributed by atoms with Crippen LogP contribution in [0, 0.1) is 0 Å². The van der Waals surface area contributed by atoms with E-state index in [0.29, 0.717) is 18.3 Å². The van der Waals surface area contributed by atoms with Gasteiger partial charge < -0.3 is 15.4 Å². The smallest absolute Gasteiger partial charge is 0.390 e. The third-order valence-electron chi connectivity index (χ3n) is 2.65. The molecule has 1 aromatic rings. The number of nitrogens with one attached hydrogen (secondary N) is 2. The van der Waals surface area contributed by atoms with Gasteiger partial charge in [-0.3, -0.25) is 4.99 Å². The minimum atomic E-state index is -4.18. The van der Waals surface area contributed by atoms with Gasteiger partial charge in [0.2, 0.25) is 0 Å². The fraction of sp³-hybridized carbons (Fsp3) is 0.500. The van der Waals surface area contributed by atoms with Gasteiger partial charge in [0, 0.05) is 13.6 Å². The third kappa shape index (κ3) is 7.53. The summed E-state index contributed by atoms with van der Waals surface area (Å²) in [5, 5.41) is 5.54. The van der Waals surface area contributed by atoms with E-state index in [-0.39, 0.29) is 12.6 Å². The standard InChI is InChI=1S/C14H19BrF3N3O/c1-10(22-12-6-4-3-5-11(12)15)9-21-13(19-2)20-8-7-14(16,17)18/h3-6,10H,7-9H2,1-2H3,(H2,19,20,21). The molecule has 124 valence electrons. The topological polar surface area (TPSA) is 45.7 Å². The molecule has 0 radical (unpaired) electrons. The number of guanidine groups is 1. The molecule has 0 aliphatic heterocycles. The molecule has 4 nitrogen and oxygen atoms in total. The van der Waals surface area contributed by atoms with Crippen LogP contribution in [0.5, 0.6) is 5.75 Å². The van der Waals surface area contributed by atoms with Crippen molar-refractivity contribution in [3.63, 3.8) is 0 Å². The van der Waals surface area contributed by atoms with Crippen molar-refractivity contribution >= 4 is 21.9 Å². The number of aliphatic imine (C=N–C) groups is 1. The second-order valence-corrected chi connectivity index (χ2v) is 5.46. The highest BCUT2D eigenvalue weighted by molar-refractivity contribution is 9.10. The fourth-order valence-electron chi connectivity index (χ4n) is 1.58. The molecular weight excluding hydrogens is 363 g/mol. The molecule has 0 aliphatic rings. The number of hydrogen-bond donors (Lipinski definition) is 2. The minimum Gasteiger partial charge on any atom is -0.488 e. The largest absolute Gasteiger partial charge is 0.488 e. The first kappa shape index (κ1) is 18.6. The lowest BCUT2D eigenvalue weighted by atomic mass is 10.3. The predicted molar refractivity (Wildman–Crippen MR) is 84.3 cm³/mol. The van der Waals surface area contributed by atoms with Crippen LogP contribution in [0.1, 0.15) is 13.3 Å². The van der Waals surface area contributed by atoms with Crippen molar-refractivity contribution in [2.75, 3.05) is 20.1 Å². The van der Waals surface area contributed by atoms with Crippen LogP contribution in [0.3, 0.4) is 0 Å². The monoisotopic (exact) mass is 381 g/mol. The number of hydrogen-bond acceptors (Lipinski definition) is 2. The molecule has 1 aromatic carbocycles. The van der Waals surface area contributed by atoms with Crippen LogP contribution < -0.4 is 15.4 Å². The number of rotatable bonds is 6. The van der Waals surface area contributed by atoms with Crippen molar-refractivity contribution in [1.82, 2.24) is 10.6 Å². The molecule has 0 saturated heterocycles. The Morgan fingerprint density at radius 3 is 2.59 bits per heavy atom. The SMILES string of the molecule is CN=C(NCCC(F)(F)F)NCC(C)Oc1ccccc1Br. The zero-order valence-corrected chi connectivity index (χ0v) is 14.0. The molecule has 8 heteroatoms. The Labute approximate surface area is 136 Å². The second kappa shape index (κ2) is 8.87. The van der Waals surface area contributed by atoms with Crippen molar-refractivity contribution in [2.24, 2.45) is 4.99 Å². The maximum absolute atomic E-state index is 12.1. The molecule has 0 amide bonds. The molecule has 0 aliphatic carbocycles. The molecule has 0 aromatic heterocycles. The number of nitrogens with zero attached hydrogens (tertiary/aromatic N) is 1. The summed E-state index contributed by atoms with van der Waals surface area (Å²) in [6, 6.07) is 7.44. The zero-order valence-electron chi connectivity index (χ0n) is 12.4. The normalized spacial score (nSPS) is 13.6. The molecule has 0 fully saturated rings. The average molecular weight is 382 g/mol. The van der Waals surface area contributed by atoms with Gasteiger partial charge in [-0.15, -0.1) is 0 Å². The molecule has 1 atom stereocenters. The van der Waals surface area contributed by atoms with Crippen molar-refractivity contribution in [3.05, 3.63) is 28.7 Å². The molecule has 0 saturated carbocycles. The fourth-order valence-corrected chi connectivity index (χ4v) is 1.96. The van der Waals surface area contributed by atoms with Crippen molar-refractivity contribution in [1.29, 1.82) is 0 Å². The van der Waals surface area contributed by atoms with E-state index >= 15 is 0 Å². The maximum atomic E-state index is 12.1. The Morgan fingerprint density at radius 1 is 1.32 bits per heavy atom. The Hall–Kier alpha value is -1.44. The van der Waals surface area contributed by atoms with Crippen molar-refractivity contribution in [3.8, 4) is 5.75 Å². The average Bonchev–Trinajstić information content (AvgIpc) is 2.44. The summed E-state index contributed by atoms with van der Waals surface area (Å²) >= 11 is 3.38. The summed E-state index contributed by atoms with van der Waals surface area (Å²) in [7, 11) is 1.50. The van der Waals surface area contributed by atoms with E-state index in [0.717, 1.165) is 4.47 Å². The first-order valence-corrected chi connectivity index (χ1v) is 7.53. The summed E-state index contributed by atoms with van der Waals surface area (Å²) in [4.78, 5) is 3.87. The number of alkyl halides is 3. The highest BCUT2D eigenvalue weighted by atomic mass is 79.9. The van der Waals surface area contributed by atoms with Crippen LogP contribution >= 0.6 is 15.9 Å². The Kier molecular flexibility index (Phi) is 7.50. The molecule has 1 rings (SSSR count). The van der Waals surface area contributed by atoms with Crippen molar-refractivity contribution < 1.29 is 17.9 Å². The molecule has 0 bridgehead atoms. The Balaban J connectivity index is 2.35. The number of ether oxygens (including phenoxy) is 1. The van der Waals surface area contributed by atoms with Gasteiger partial charge in [-0.25, -0.2) is 0 Å². The molecule has 0 spiro atoms. The van der Waals surface area contributed by atoms with Crippen LogP contribution in [0.25, 0.3) is 0 Å². The quantitative estimate of drug-likeness (QED) is 0.586. The number of benzene rings is 1. The van der Waals surface area contributed by atoms with Crippen LogP contribution in [-0.2, 0) is 0 Å². The van der Waals surface area contributed by atoms with E-state index < -0.39 is 12.6 Å². The number of halogens is 4. The van der Waals surface area contributed by atoms with Gasteiger partial charge in [0.25, 0.3) is 0 Å². The second-order valence-electron chi connectivity index (χ2n) is 4.60. The van der Waals surface area contributed by atoms with Gasteiger partial charge in [-0.05, 0) is 35.0 Å². The van der Waals surface area contributed by atoms with Crippen LogP contribution in [0.4, 0.5) is 13.2 Å². The molecular formula is C14H19BrF3N3O. The van der Waals surface area contributed by atoms with E-state index in [9.17, 15) is 13.2 Å².